The van der Waals surface area contributed by atoms with E-state index < -0.39 is 11.7 Å². The molecule has 0 unspecified atom stereocenters. The van der Waals surface area contributed by atoms with Crippen LogP contribution in [0.1, 0.15) is 15.9 Å². The largest absolute Gasteiger partial charge is 0.271 e. The second kappa shape index (κ2) is 6.06. The van der Waals surface area contributed by atoms with Gasteiger partial charge in [-0.1, -0.05) is 17.7 Å². The van der Waals surface area contributed by atoms with Crippen LogP contribution in [0.2, 0.25) is 5.02 Å². The molecule has 0 bridgehead atoms. The summed E-state index contributed by atoms with van der Waals surface area (Å²) in [5.41, 5.74) is 2.81. The molecule has 1 N–H and O–H groups in total. The van der Waals surface area contributed by atoms with Crippen molar-refractivity contribution in [3.63, 3.8) is 0 Å². The summed E-state index contributed by atoms with van der Waals surface area (Å²) in [5.74, 6) is -0.916. The van der Waals surface area contributed by atoms with E-state index in [4.69, 9.17) is 11.6 Å². The molecule has 0 spiro atoms. The van der Waals surface area contributed by atoms with Gasteiger partial charge in [-0.05, 0) is 24.3 Å². The van der Waals surface area contributed by atoms with E-state index in [-0.39, 0.29) is 10.6 Å². The van der Waals surface area contributed by atoms with Gasteiger partial charge >= 0.3 is 0 Å². The zero-order valence-electron chi connectivity index (χ0n) is 9.68. The predicted molar refractivity (Wildman–Crippen MR) is 70.7 cm³/mol. The van der Waals surface area contributed by atoms with Crippen molar-refractivity contribution in [1.82, 2.24) is 10.4 Å². The maximum atomic E-state index is 13.4. The molecule has 1 aromatic heterocycles. The second-order valence-corrected chi connectivity index (χ2v) is 3.98. The van der Waals surface area contributed by atoms with Gasteiger partial charge in [0.15, 0.2) is 0 Å². The van der Waals surface area contributed by atoms with Crippen LogP contribution in [0.3, 0.4) is 0 Å². The van der Waals surface area contributed by atoms with Gasteiger partial charge in [0.25, 0.3) is 5.91 Å². The molecule has 0 radical (unpaired) electrons. The van der Waals surface area contributed by atoms with Gasteiger partial charge in [0.1, 0.15) is 5.82 Å². The van der Waals surface area contributed by atoms with Gasteiger partial charge in [0, 0.05) is 23.5 Å². The van der Waals surface area contributed by atoms with Crippen LogP contribution in [0.15, 0.2) is 47.8 Å². The average Bonchev–Trinajstić information content (AvgIpc) is 2.43. The monoisotopic (exact) mass is 277 g/mol. The molecule has 0 aliphatic rings. The van der Waals surface area contributed by atoms with Crippen molar-refractivity contribution in [2.24, 2.45) is 5.10 Å². The molecule has 2 aromatic rings. The number of carbonyl (C=O) groups excluding carboxylic acids is 1. The topological polar surface area (TPSA) is 54.4 Å². The van der Waals surface area contributed by atoms with E-state index in [0.717, 1.165) is 6.21 Å². The van der Waals surface area contributed by atoms with Crippen LogP contribution in [0.5, 0.6) is 0 Å². The number of halogens is 2. The molecule has 19 heavy (non-hydrogen) atoms. The number of benzene rings is 1. The first-order chi connectivity index (χ1) is 9.18. The fourth-order valence-corrected chi connectivity index (χ4v) is 1.57. The Balaban J connectivity index is 2.07. The highest BCUT2D eigenvalue weighted by molar-refractivity contribution is 6.33. The number of hydrogen-bond acceptors (Lipinski definition) is 3. The van der Waals surface area contributed by atoms with Crippen LogP contribution in [-0.2, 0) is 0 Å². The van der Waals surface area contributed by atoms with Gasteiger partial charge in [0.05, 0.1) is 11.2 Å². The minimum Gasteiger partial charge on any atom is -0.267 e. The third kappa shape index (κ3) is 3.35. The van der Waals surface area contributed by atoms with Crippen molar-refractivity contribution in [2.45, 2.75) is 0 Å². The maximum Gasteiger partial charge on any atom is 0.271 e. The molecule has 96 valence electrons. The molecule has 0 atom stereocenters. The van der Waals surface area contributed by atoms with Crippen LogP contribution in [-0.4, -0.2) is 17.1 Å². The number of carbonyl (C=O) groups is 1. The van der Waals surface area contributed by atoms with E-state index in [2.05, 4.69) is 15.5 Å². The molecule has 2 rings (SSSR count). The van der Waals surface area contributed by atoms with Gasteiger partial charge in [-0.3, -0.25) is 9.78 Å². The molecule has 4 nitrogen and oxygen atoms in total. The second-order valence-electron chi connectivity index (χ2n) is 3.57. The lowest BCUT2D eigenvalue weighted by atomic mass is 10.2. The molecule has 0 aliphatic heterocycles. The standard InChI is InChI=1S/C13H9ClFN3O/c14-11-2-1-3-12(15)10(11)8-17-18-13(19)9-4-6-16-7-5-9/h1-8H,(H,18,19)/b17-8+. The summed E-state index contributed by atoms with van der Waals surface area (Å²) in [6.07, 6.45) is 4.15. The quantitative estimate of drug-likeness (QED) is 0.693. The smallest absolute Gasteiger partial charge is 0.267 e. The van der Waals surface area contributed by atoms with E-state index in [1.54, 1.807) is 12.1 Å². The van der Waals surface area contributed by atoms with Crippen molar-refractivity contribution < 1.29 is 9.18 Å². The predicted octanol–water partition coefficient (Wildman–Crippen LogP) is 2.64. The Hall–Kier alpha value is -2.27. The normalized spacial score (nSPS) is 10.6. The summed E-state index contributed by atoms with van der Waals surface area (Å²) in [5, 5.41) is 3.89. The highest BCUT2D eigenvalue weighted by Crippen LogP contribution is 2.16. The van der Waals surface area contributed by atoms with Gasteiger partial charge in [-0.2, -0.15) is 5.10 Å². The number of pyridine rings is 1. The van der Waals surface area contributed by atoms with Crippen LogP contribution in [0, 0.1) is 5.82 Å². The van der Waals surface area contributed by atoms with Crippen molar-refractivity contribution in [1.29, 1.82) is 0 Å². The lowest BCUT2D eigenvalue weighted by Gasteiger charge is -2.00. The van der Waals surface area contributed by atoms with Gasteiger partial charge in [-0.15, -0.1) is 0 Å². The van der Waals surface area contributed by atoms with Crippen LogP contribution in [0.4, 0.5) is 4.39 Å². The Morgan fingerprint density at radius 2 is 2.05 bits per heavy atom. The summed E-state index contributed by atoms with van der Waals surface area (Å²) in [6.45, 7) is 0. The van der Waals surface area contributed by atoms with Crippen molar-refractivity contribution >= 4 is 23.7 Å². The van der Waals surface area contributed by atoms with Crippen molar-refractivity contribution in [3.8, 4) is 0 Å². The lowest BCUT2D eigenvalue weighted by molar-refractivity contribution is 0.0955. The minimum absolute atomic E-state index is 0.124. The Kier molecular flexibility index (Phi) is 4.20. The number of hydrogen-bond donors (Lipinski definition) is 1. The van der Waals surface area contributed by atoms with Crippen LogP contribution >= 0.6 is 11.6 Å². The molecule has 0 saturated heterocycles. The number of amides is 1. The summed E-state index contributed by atoms with van der Waals surface area (Å²) >= 11 is 5.81. The van der Waals surface area contributed by atoms with E-state index in [0.29, 0.717) is 5.56 Å². The highest BCUT2D eigenvalue weighted by Gasteiger charge is 2.05. The zero-order chi connectivity index (χ0) is 13.7. The average molecular weight is 278 g/mol. The number of hydrazone groups is 1. The molecule has 1 aromatic carbocycles. The fourth-order valence-electron chi connectivity index (χ4n) is 1.36. The Morgan fingerprint density at radius 1 is 1.32 bits per heavy atom. The lowest BCUT2D eigenvalue weighted by Crippen LogP contribution is -2.17. The van der Waals surface area contributed by atoms with E-state index in [1.165, 1.54) is 30.6 Å². The summed E-state index contributed by atoms with van der Waals surface area (Å²) in [4.78, 5) is 15.4. The van der Waals surface area contributed by atoms with Crippen molar-refractivity contribution in [2.75, 3.05) is 0 Å². The Labute approximate surface area is 113 Å². The van der Waals surface area contributed by atoms with Gasteiger partial charge in [0.2, 0.25) is 0 Å². The van der Waals surface area contributed by atoms with Crippen molar-refractivity contribution in [3.05, 3.63) is 64.7 Å². The Bertz CT molecular complexity index is 596. The fraction of sp³-hybridized carbons (Fsp3) is 0. The van der Waals surface area contributed by atoms with E-state index >= 15 is 0 Å². The van der Waals surface area contributed by atoms with E-state index in [1.807, 2.05) is 0 Å². The first kappa shape index (κ1) is 13.2. The highest BCUT2D eigenvalue weighted by atomic mass is 35.5. The molecule has 0 fully saturated rings. The van der Waals surface area contributed by atoms with Crippen LogP contribution in [0.25, 0.3) is 0 Å². The molecule has 0 aliphatic carbocycles. The zero-order valence-corrected chi connectivity index (χ0v) is 10.4. The minimum atomic E-state index is -0.505. The third-order valence-electron chi connectivity index (χ3n) is 2.30. The first-order valence-corrected chi connectivity index (χ1v) is 5.73. The molecule has 6 heteroatoms. The third-order valence-corrected chi connectivity index (χ3v) is 2.63. The molecular weight excluding hydrogens is 269 g/mol. The first-order valence-electron chi connectivity index (χ1n) is 5.36. The molecular formula is C13H9ClFN3O. The summed E-state index contributed by atoms with van der Waals surface area (Å²) < 4.78 is 13.4. The number of nitrogens with zero attached hydrogens (tertiary/aromatic N) is 2. The summed E-state index contributed by atoms with van der Waals surface area (Å²) in [6, 6.07) is 7.38. The number of rotatable bonds is 3. The SMILES string of the molecule is O=C(N/N=C/c1c(F)cccc1Cl)c1ccncc1. The molecule has 1 amide bonds. The van der Waals surface area contributed by atoms with Gasteiger partial charge in [-0.25, -0.2) is 9.82 Å². The Morgan fingerprint density at radius 3 is 2.74 bits per heavy atom. The maximum absolute atomic E-state index is 13.4. The van der Waals surface area contributed by atoms with E-state index in [9.17, 15) is 9.18 Å². The number of aromatic nitrogens is 1. The summed E-state index contributed by atoms with van der Waals surface area (Å²) in [7, 11) is 0. The number of nitrogens with one attached hydrogen (secondary N) is 1. The molecule has 0 saturated carbocycles. The molecule has 1 heterocycles. The van der Waals surface area contributed by atoms with Crippen LogP contribution < -0.4 is 5.43 Å². The van der Waals surface area contributed by atoms with Gasteiger partial charge < -0.3 is 0 Å².